The minimum atomic E-state index is 0.112. The summed E-state index contributed by atoms with van der Waals surface area (Å²) in [4.78, 5) is 12.9. The summed E-state index contributed by atoms with van der Waals surface area (Å²) in [5.74, 6) is 1.10. The van der Waals surface area contributed by atoms with Gasteiger partial charge in [-0.1, -0.05) is 13.0 Å². The smallest absolute Gasteiger partial charge is 0.222 e. The van der Waals surface area contributed by atoms with Crippen molar-refractivity contribution in [3.8, 4) is 0 Å². The molecule has 0 aromatic carbocycles. The van der Waals surface area contributed by atoms with Crippen molar-refractivity contribution in [1.29, 1.82) is 0 Å². The molecule has 5 heteroatoms. The number of nitrogens with one attached hydrogen (secondary N) is 1. The maximum atomic E-state index is 5.76. The predicted octanol–water partition coefficient (Wildman–Crippen LogP) is 2.81. The van der Waals surface area contributed by atoms with Crippen LogP contribution in [0.2, 0.25) is 0 Å². The average molecular weight is 271 g/mol. The van der Waals surface area contributed by atoms with Crippen LogP contribution in [-0.2, 0) is 6.42 Å². The largest absolute Gasteiger partial charge is 0.368 e. The lowest BCUT2D eigenvalue weighted by Gasteiger charge is -2.17. The zero-order chi connectivity index (χ0) is 14.7. The van der Waals surface area contributed by atoms with E-state index in [9.17, 15) is 0 Å². The summed E-state index contributed by atoms with van der Waals surface area (Å²) >= 11 is 0. The quantitative estimate of drug-likeness (QED) is 0.894. The standard InChI is InChI=1S/C15H21N5/c1-5-13-10(3)14(20-15(16)19-13)18-11(4)12-7-6-9(2)17-8-12/h6-8,11H,5H2,1-4H3,(H3,16,18,19,20). The van der Waals surface area contributed by atoms with Gasteiger partial charge in [0.05, 0.1) is 11.7 Å². The van der Waals surface area contributed by atoms with E-state index in [1.54, 1.807) is 0 Å². The van der Waals surface area contributed by atoms with Crippen molar-refractivity contribution < 1.29 is 0 Å². The number of nitrogen functional groups attached to an aromatic ring is 1. The Balaban J connectivity index is 2.25. The molecule has 2 heterocycles. The van der Waals surface area contributed by atoms with E-state index in [1.807, 2.05) is 26.1 Å². The normalized spacial score (nSPS) is 12.2. The van der Waals surface area contributed by atoms with Gasteiger partial charge in [-0.05, 0) is 38.8 Å². The minimum absolute atomic E-state index is 0.112. The van der Waals surface area contributed by atoms with E-state index in [-0.39, 0.29) is 6.04 Å². The second-order valence-corrected chi connectivity index (χ2v) is 4.95. The van der Waals surface area contributed by atoms with Gasteiger partial charge in [0.25, 0.3) is 0 Å². The molecule has 20 heavy (non-hydrogen) atoms. The van der Waals surface area contributed by atoms with Crippen molar-refractivity contribution >= 4 is 11.8 Å². The van der Waals surface area contributed by atoms with Gasteiger partial charge in [-0.2, -0.15) is 4.98 Å². The highest BCUT2D eigenvalue weighted by molar-refractivity contribution is 5.50. The van der Waals surface area contributed by atoms with Gasteiger partial charge in [0.15, 0.2) is 0 Å². The zero-order valence-electron chi connectivity index (χ0n) is 12.4. The minimum Gasteiger partial charge on any atom is -0.368 e. The summed E-state index contributed by atoms with van der Waals surface area (Å²) in [5.41, 5.74) is 9.92. The first-order valence-corrected chi connectivity index (χ1v) is 6.83. The molecule has 2 aromatic heterocycles. The third kappa shape index (κ3) is 3.04. The summed E-state index contributed by atoms with van der Waals surface area (Å²) in [6, 6.07) is 4.19. The Morgan fingerprint density at radius 2 is 2.00 bits per heavy atom. The maximum absolute atomic E-state index is 5.76. The number of rotatable bonds is 4. The monoisotopic (exact) mass is 271 g/mol. The summed E-state index contributed by atoms with van der Waals surface area (Å²) in [5, 5.41) is 3.39. The molecule has 1 unspecified atom stereocenters. The van der Waals surface area contributed by atoms with Gasteiger partial charge in [0.2, 0.25) is 5.95 Å². The predicted molar refractivity (Wildman–Crippen MR) is 81.6 cm³/mol. The van der Waals surface area contributed by atoms with Crippen molar-refractivity contribution in [1.82, 2.24) is 15.0 Å². The van der Waals surface area contributed by atoms with Crippen LogP contribution in [0.4, 0.5) is 11.8 Å². The van der Waals surface area contributed by atoms with Gasteiger partial charge in [0.1, 0.15) is 5.82 Å². The Bertz CT molecular complexity index is 592. The van der Waals surface area contributed by atoms with Gasteiger partial charge in [0, 0.05) is 17.5 Å². The van der Waals surface area contributed by atoms with Crippen LogP contribution in [0.5, 0.6) is 0 Å². The Morgan fingerprint density at radius 3 is 2.60 bits per heavy atom. The van der Waals surface area contributed by atoms with Gasteiger partial charge in [-0.25, -0.2) is 4.98 Å². The van der Waals surface area contributed by atoms with Crippen molar-refractivity contribution in [2.75, 3.05) is 11.1 Å². The summed E-state index contributed by atoms with van der Waals surface area (Å²) in [6.07, 6.45) is 2.72. The van der Waals surface area contributed by atoms with Gasteiger partial charge < -0.3 is 11.1 Å². The molecule has 2 rings (SSSR count). The second kappa shape index (κ2) is 5.86. The van der Waals surface area contributed by atoms with Crippen LogP contribution in [0.3, 0.4) is 0 Å². The van der Waals surface area contributed by atoms with Gasteiger partial charge in [-0.3, -0.25) is 4.98 Å². The van der Waals surface area contributed by atoms with Crippen LogP contribution >= 0.6 is 0 Å². The third-order valence-corrected chi connectivity index (χ3v) is 3.39. The van der Waals surface area contributed by atoms with Crippen LogP contribution in [0.15, 0.2) is 18.3 Å². The van der Waals surface area contributed by atoms with E-state index >= 15 is 0 Å². The molecule has 3 N–H and O–H groups in total. The number of aryl methyl sites for hydroxylation is 2. The van der Waals surface area contributed by atoms with Crippen LogP contribution in [-0.4, -0.2) is 15.0 Å². The Hall–Kier alpha value is -2.17. The number of hydrogen-bond acceptors (Lipinski definition) is 5. The fraction of sp³-hybridized carbons (Fsp3) is 0.400. The van der Waals surface area contributed by atoms with E-state index in [0.29, 0.717) is 5.95 Å². The first kappa shape index (κ1) is 14.2. The molecule has 106 valence electrons. The lowest BCUT2D eigenvalue weighted by atomic mass is 10.1. The number of hydrogen-bond donors (Lipinski definition) is 2. The molecule has 0 radical (unpaired) electrons. The highest BCUT2D eigenvalue weighted by Crippen LogP contribution is 2.22. The van der Waals surface area contributed by atoms with E-state index in [4.69, 9.17) is 5.73 Å². The van der Waals surface area contributed by atoms with E-state index in [2.05, 4.69) is 40.2 Å². The number of anilines is 2. The van der Waals surface area contributed by atoms with Crippen molar-refractivity contribution in [3.63, 3.8) is 0 Å². The average Bonchev–Trinajstić information content (AvgIpc) is 2.43. The summed E-state index contributed by atoms with van der Waals surface area (Å²) in [6.45, 7) is 8.13. The van der Waals surface area contributed by atoms with Crippen LogP contribution in [0.1, 0.15) is 42.4 Å². The molecule has 0 saturated carbocycles. The van der Waals surface area contributed by atoms with Crippen LogP contribution < -0.4 is 11.1 Å². The van der Waals surface area contributed by atoms with Crippen LogP contribution in [0.25, 0.3) is 0 Å². The first-order chi connectivity index (χ1) is 9.51. The number of nitrogens with zero attached hydrogens (tertiary/aromatic N) is 3. The Morgan fingerprint density at radius 1 is 1.25 bits per heavy atom. The van der Waals surface area contributed by atoms with Crippen molar-refractivity contribution in [3.05, 3.63) is 40.8 Å². The van der Waals surface area contributed by atoms with Gasteiger partial charge >= 0.3 is 0 Å². The molecular formula is C15H21N5. The maximum Gasteiger partial charge on any atom is 0.222 e. The molecule has 1 atom stereocenters. The topological polar surface area (TPSA) is 76.7 Å². The molecule has 0 aliphatic rings. The zero-order valence-corrected chi connectivity index (χ0v) is 12.4. The van der Waals surface area contributed by atoms with E-state index in [0.717, 1.165) is 34.8 Å². The number of pyridine rings is 1. The molecular weight excluding hydrogens is 250 g/mol. The van der Waals surface area contributed by atoms with Crippen LogP contribution in [0, 0.1) is 13.8 Å². The molecule has 0 saturated heterocycles. The van der Waals surface area contributed by atoms with Crippen molar-refractivity contribution in [2.24, 2.45) is 0 Å². The molecule has 0 aliphatic carbocycles. The first-order valence-electron chi connectivity index (χ1n) is 6.83. The molecule has 2 aromatic rings. The van der Waals surface area contributed by atoms with E-state index in [1.165, 1.54) is 0 Å². The number of aromatic nitrogens is 3. The molecule has 0 bridgehead atoms. The molecule has 5 nitrogen and oxygen atoms in total. The lowest BCUT2D eigenvalue weighted by Crippen LogP contribution is -2.13. The van der Waals surface area contributed by atoms with Gasteiger partial charge in [-0.15, -0.1) is 0 Å². The highest BCUT2D eigenvalue weighted by atomic mass is 15.1. The highest BCUT2D eigenvalue weighted by Gasteiger charge is 2.12. The fourth-order valence-corrected chi connectivity index (χ4v) is 2.09. The van der Waals surface area contributed by atoms with Crippen molar-refractivity contribution in [2.45, 2.75) is 40.2 Å². The lowest BCUT2D eigenvalue weighted by molar-refractivity contribution is 0.853. The summed E-state index contributed by atoms with van der Waals surface area (Å²) in [7, 11) is 0. The Labute approximate surface area is 119 Å². The van der Waals surface area contributed by atoms with E-state index < -0.39 is 0 Å². The molecule has 0 spiro atoms. The molecule has 0 amide bonds. The third-order valence-electron chi connectivity index (χ3n) is 3.39. The molecule has 0 aliphatic heterocycles. The summed E-state index contributed by atoms with van der Waals surface area (Å²) < 4.78 is 0. The second-order valence-electron chi connectivity index (χ2n) is 4.95. The molecule has 0 fully saturated rings. The SMILES string of the molecule is CCc1nc(N)nc(NC(C)c2ccc(C)nc2)c1C. The number of nitrogens with two attached hydrogens (primary N) is 1. The fourth-order valence-electron chi connectivity index (χ4n) is 2.09. The Kier molecular flexibility index (Phi) is 4.17.